The highest BCUT2D eigenvalue weighted by atomic mass is 35.5. The Morgan fingerprint density at radius 3 is 2.18 bits per heavy atom. The van der Waals surface area contributed by atoms with Crippen molar-refractivity contribution in [1.29, 1.82) is 0 Å². The largest absolute Gasteiger partial charge is 0.388 e. The number of benzene rings is 1. The third-order valence-electron chi connectivity index (χ3n) is 11.2. The number of nitrogens with zero attached hydrogens (tertiary/aromatic N) is 1. The summed E-state index contributed by atoms with van der Waals surface area (Å²) in [5.41, 5.74) is 5.74. The fourth-order valence-corrected chi connectivity index (χ4v) is 8.34. The van der Waals surface area contributed by atoms with E-state index in [-0.39, 0.29) is 37.3 Å². The van der Waals surface area contributed by atoms with E-state index < -0.39 is 53.3 Å². The van der Waals surface area contributed by atoms with Gasteiger partial charge < -0.3 is 31.7 Å². The summed E-state index contributed by atoms with van der Waals surface area (Å²) in [6.45, 7) is -0.173. The van der Waals surface area contributed by atoms with Crippen molar-refractivity contribution >= 4 is 41.0 Å². The summed E-state index contributed by atoms with van der Waals surface area (Å²) in [6, 6.07) is 3.35. The van der Waals surface area contributed by atoms with Crippen molar-refractivity contribution in [2.45, 2.75) is 164 Å². The van der Waals surface area contributed by atoms with Gasteiger partial charge >= 0.3 is 0 Å². The number of aliphatic hydroxyl groups is 1. The van der Waals surface area contributed by atoms with E-state index >= 15 is 0 Å². The Balaban J connectivity index is 1.39. The predicted molar refractivity (Wildman–Crippen MR) is 195 cm³/mol. The smallest absolute Gasteiger partial charge is 0.289 e. The average Bonchev–Trinajstić information content (AvgIpc) is 3.89. The number of amides is 4. The molecule has 12 heteroatoms. The molecule has 5 rings (SSSR count). The van der Waals surface area contributed by atoms with Gasteiger partial charge in [0.15, 0.2) is 0 Å². The summed E-state index contributed by atoms with van der Waals surface area (Å²) in [4.78, 5) is 69.8. The molecule has 0 bridgehead atoms. The van der Waals surface area contributed by atoms with Gasteiger partial charge in [0.05, 0.1) is 18.2 Å². The van der Waals surface area contributed by atoms with E-state index in [2.05, 4.69) is 16.0 Å². The summed E-state index contributed by atoms with van der Waals surface area (Å²) in [5.74, 6) is -2.34. The van der Waals surface area contributed by atoms with Crippen molar-refractivity contribution < 1.29 is 29.1 Å². The maximum atomic E-state index is 14.5. The summed E-state index contributed by atoms with van der Waals surface area (Å²) in [6.07, 6.45) is 15.3. The lowest BCUT2D eigenvalue weighted by Crippen LogP contribution is -2.56. The first-order valence-corrected chi connectivity index (χ1v) is 19.9. The molecule has 0 aromatic heterocycles. The number of carbonyl (C=O) groups is 5. The monoisotopic (exact) mass is 727 g/mol. The van der Waals surface area contributed by atoms with Crippen LogP contribution in [0.3, 0.4) is 0 Å². The predicted octanol–water partition coefficient (Wildman–Crippen LogP) is 4.76. The SMILES string of the molecule is NC(C[C@@]1(O)C[C@H]2C(=O)N[C@H](C(=O)C(=O)NC3CC3)CCCCCCCCC[C@H](NC(=O)CC3CCCCCC3)C(=O)N2C1)c1cccc(Cl)c1. The molecule has 2 saturated carbocycles. The molecular weight excluding hydrogens is 670 g/mol. The van der Waals surface area contributed by atoms with Gasteiger partial charge in [-0.25, -0.2) is 0 Å². The number of rotatable bonds is 9. The molecule has 1 aromatic rings. The van der Waals surface area contributed by atoms with E-state index in [0.29, 0.717) is 36.3 Å². The van der Waals surface area contributed by atoms with E-state index in [4.69, 9.17) is 17.3 Å². The van der Waals surface area contributed by atoms with Gasteiger partial charge in [-0.1, -0.05) is 94.4 Å². The number of nitrogens with one attached hydrogen (secondary N) is 3. The zero-order valence-electron chi connectivity index (χ0n) is 30.0. The van der Waals surface area contributed by atoms with Crippen LogP contribution in [-0.2, 0) is 24.0 Å². The van der Waals surface area contributed by atoms with Crippen LogP contribution in [-0.4, -0.2) is 75.7 Å². The topological polar surface area (TPSA) is 171 Å². The number of fused-ring (bicyclic) bond motifs is 1. The fourth-order valence-electron chi connectivity index (χ4n) is 8.14. The number of carbonyl (C=O) groups excluding carboxylic acids is 5. The molecule has 6 N–H and O–H groups in total. The van der Waals surface area contributed by atoms with Crippen LogP contribution >= 0.6 is 11.6 Å². The molecule has 0 spiro atoms. The number of ketones is 1. The number of Topliss-reactive ketones (excluding diaryl/α,β-unsaturated/α-hetero) is 1. The highest BCUT2D eigenvalue weighted by Crippen LogP contribution is 2.36. The lowest BCUT2D eigenvalue weighted by molar-refractivity contribution is -0.143. The van der Waals surface area contributed by atoms with Crippen LogP contribution in [0.1, 0.15) is 140 Å². The van der Waals surface area contributed by atoms with Gasteiger partial charge in [-0.15, -0.1) is 0 Å². The number of nitrogens with two attached hydrogens (primary N) is 1. The number of hydrogen-bond donors (Lipinski definition) is 5. The molecule has 2 aliphatic heterocycles. The summed E-state index contributed by atoms with van der Waals surface area (Å²) >= 11 is 6.22. The van der Waals surface area contributed by atoms with Gasteiger partial charge in [-0.2, -0.15) is 0 Å². The highest BCUT2D eigenvalue weighted by Gasteiger charge is 2.50. The molecule has 4 fully saturated rings. The van der Waals surface area contributed by atoms with E-state index in [1.807, 2.05) is 6.07 Å². The van der Waals surface area contributed by atoms with Crippen molar-refractivity contribution in [3.63, 3.8) is 0 Å². The normalized spacial score (nSPS) is 28.2. The summed E-state index contributed by atoms with van der Waals surface area (Å²) in [7, 11) is 0. The molecule has 4 aliphatic rings. The van der Waals surface area contributed by atoms with Crippen molar-refractivity contribution in [1.82, 2.24) is 20.9 Å². The Morgan fingerprint density at radius 2 is 1.53 bits per heavy atom. The Kier molecular flexibility index (Phi) is 14.3. The second kappa shape index (κ2) is 18.6. The standard InChI is InChI=1S/C39H58ClN5O6/c40-28-16-12-15-27(22-28)30(41)23-39(51)24-33-36(48)44-31(35(47)37(49)42-29-19-20-29)17-10-4-2-1-3-5-11-18-32(38(50)45(33)25-39)43-34(46)21-26-13-8-6-7-9-14-26/h12,15-16,22,26,29-33,51H,1-11,13-14,17-21,23-25,41H2,(H,42,49)(H,43,46)(H,44,48)/t30?,31-,32-,33-,39+/m0/s1. The van der Waals surface area contributed by atoms with Gasteiger partial charge in [-0.05, 0) is 68.6 Å². The highest BCUT2D eigenvalue weighted by molar-refractivity contribution is 6.38. The molecule has 11 nitrogen and oxygen atoms in total. The molecular formula is C39H58ClN5O6. The number of halogens is 1. The van der Waals surface area contributed by atoms with Crippen LogP contribution < -0.4 is 21.7 Å². The molecule has 1 unspecified atom stereocenters. The zero-order chi connectivity index (χ0) is 36.4. The minimum absolute atomic E-state index is 0.0142. The van der Waals surface area contributed by atoms with Crippen LogP contribution in [0.4, 0.5) is 0 Å². The Hall–Kier alpha value is -3.02. The van der Waals surface area contributed by atoms with E-state index in [0.717, 1.165) is 77.0 Å². The molecule has 1 aromatic carbocycles. The van der Waals surface area contributed by atoms with E-state index in [1.54, 1.807) is 18.2 Å². The lowest BCUT2D eigenvalue weighted by atomic mass is 9.89. The molecule has 2 aliphatic carbocycles. The van der Waals surface area contributed by atoms with Crippen molar-refractivity contribution in [2.24, 2.45) is 11.7 Å². The van der Waals surface area contributed by atoms with Crippen LogP contribution in [0.25, 0.3) is 0 Å². The van der Waals surface area contributed by atoms with Crippen molar-refractivity contribution in [3.8, 4) is 0 Å². The van der Waals surface area contributed by atoms with Gasteiger partial charge in [0, 0.05) is 29.9 Å². The third kappa shape index (κ3) is 11.7. The van der Waals surface area contributed by atoms with Crippen LogP contribution in [0, 0.1) is 5.92 Å². The van der Waals surface area contributed by atoms with Gasteiger partial charge in [0.25, 0.3) is 5.91 Å². The van der Waals surface area contributed by atoms with Crippen LogP contribution in [0.2, 0.25) is 5.02 Å². The molecule has 0 radical (unpaired) electrons. The van der Waals surface area contributed by atoms with Gasteiger partial charge in [0.2, 0.25) is 23.5 Å². The van der Waals surface area contributed by atoms with Gasteiger partial charge in [-0.3, -0.25) is 24.0 Å². The Labute approximate surface area is 307 Å². The molecule has 51 heavy (non-hydrogen) atoms. The second-order valence-corrected chi connectivity index (χ2v) is 16.1. The van der Waals surface area contributed by atoms with Crippen molar-refractivity contribution in [3.05, 3.63) is 34.9 Å². The zero-order valence-corrected chi connectivity index (χ0v) is 30.8. The molecule has 282 valence electrons. The molecule has 4 amide bonds. The van der Waals surface area contributed by atoms with E-state index in [9.17, 15) is 29.1 Å². The maximum Gasteiger partial charge on any atom is 0.289 e. The minimum atomic E-state index is -1.54. The summed E-state index contributed by atoms with van der Waals surface area (Å²) < 4.78 is 0. The van der Waals surface area contributed by atoms with Crippen LogP contribution in [0.15, 0.2) is 24.3 Å². The number of hydrogen-bond acceptors (Lipinski definition) is 7. The first-order chi connectivity index (χ1) is 24.5. The van der Waals surface area contributed by atoms with Crippen LogP contribution in [0.5, 0.6) is 0 Å². The van der Waals surface area contributed by atoms with E-state index in [1.165, 1.54) is 17.7 Å². The lowest BCUT2D eigenvalue weighted by Gasteiger charge is -2.30. The molecule has 2 saturated heterocycles. The maximum absolute atomic E-state index is 14.5. The summed E-state index contributed by atoms with van der Waals surface area (Å²) in [5, 5.41) is 21.1. The average molecular weight is 728 g/mol. The fraction of sp³-hybridized carbons (Fsp3) is 0.718. The van der Waals surface area contributed by atoms with Gasteiger partial charge in [0.1, 0.15) is 12.1 Å². The molecule has 2 heterocycles. The third-order valence-corrected chi connectivity index (χ3v) is 11.4. The van der Waals surface area contributed by atoms with Crippen molar-refractivity contribution in [2.75, 3.05) is 6.54 Å². The first kappa shape index (κ1) is 39.2. The molecule has 5 atom stereocenters. The Bertz CT molecular complexity index is 1380. The Morgan fingerprint density at radius 1 is 0.902 bits per heavy atom. The second-order valence-electron chi connectivity index (χ2n) is 15.7. The quantitative estimate of drug-likeness (QED) is 0.180. The minimum Gasteiger partial charge on any atom is -0.388 e. The first-order valence-electron chi connectivity index (χ1n) is 19.5.